The van der Waals surface area contributed by atoms with Crippen LogP contribution in [0.3, 0.4) is 0 Å². The second-order valence-corrected chi connectivity index (χ2v) is 7.07. The molecule has 1 aliphatic carbocycles. The largest absolute Gasteiger partial charge is 0.493 e. The van der Waals surface area contributed by atoms with Crippen LogP contribution in [0.5, 0.6) is 5.75 Å². The SMILES string of the molecule is CC1(C)C(Cl)CC1NCc1cc(Cl)cc2c1OCC2. The minimum Gasteiger partial charge on any atom is -0.493 e. The summed E-state index contributed by atoms with van der Waals surface area (Å²) < 4.78 is 5.72. The highest BCUT2D eigenvalue weighted by molar-refractivity contribution is 6.30. The quantitative estimate of drug-likeness (QED) is 0.858. The zero-order valence-corrected chi connectivity index (χ0v) is 12.8. The Morgan fingerprint density at radius 2 is 2.21 bits per heavy atom. The molecule has 4 heteroatoms. The maximum atomic E-state index is 6.25. The average Bonchev–Trinajstić information content (AvgIpc) is 2.81. The molecule has 19 heavy (non-hydrogen) atoms. The lowest BCUT2D eigenvalue weighted by Gasteiger charge is -2.49. The van der Waals surface area contributed by atoms with E-state index in [1.165, 1.54) is 5.56 Å². The van der Waals surface area contributed by atoms with Gasteiger partial charge in [-0.05, 0) is 29.5 Å². The molecule has 0 spiro atoms. The van der Waals surface area contributed by atoms with Crippen LogP contribution in [0, 0.1) is 5.41 Å². The van der Waals surface area contributed by atoms with Crippen LogP contribution < -0.4 is 10.1 Å². The van der Waals surface area contributed by atoms with Crippen molar-refractivity contribution in [1.82, 2.24) is 5.32 Å². The first-order valence-corrected chi connectivity index (χ1v) is 7.61. The summed E-state index contributed by atoms with van der Waals surface area (Å²) in [4.78, 5) is 0. The molecular weight excluding hydrogens is 281 g/mol. The highest BCUT2D eigenvalue weighted by atomic mass is 35.5. The van der Waals surface area contributed by atoms with Crippen molar-refractivity contribution in [2.75, 3.05) is 6.61 Å². The number of ether oxygens (including phenoxy) is 1. The van der Waals surface area contributed by atoms with Gasteiger partial charge < -0.3 is 10.1 Å². The van der Waals surface area contributed by atoms with Gasteiger partial charge in [0.2, 0.25) is 0 Å². The summed E-state index contributed by atoms with van der Waals surface area (Å²) in [6.07, 6.45) is 1.99. The Morgan fingerprint density at radius 1 is 1.42 bits per heavy atom. The Balaban J connectivity index is 1.71. The van der Waals surface area contributed by atoms with Gasteiger partial charge >= 0.3 is 0 Å². The Hall–Kier alpha value is -0.440. The molecule has 2 atom stereocenters. The molecule has 0 amide bonds. The van der Waals surface area contributed by atoms with Crippen LogP contribution >= 0.6 is 23.2 Å². The van der Waals surface area contributed by atoms with Crippen molar-refractivity contribution in [2.45, 2.75) is 44.7 Å². The van der Waals surface area contributed by atoms with Crippen LogP contribution in [-0.4, -0.2) is 18.0 Å². The number of hydrogen-bond donors (Lipinski definition) is 1. The molecule has 2 nitrogen and oxygen atoms in total. The van der Waals surface area contributed by atoms with E-state index in [0.29, 0.717) is 6.04 Å². The van der Waals surface area contributed by atoms with Gasteiger partial charge in [-0.15, -0.1) is 11.6 Å². The molecule has 0 aromatic heterocycles. The zero-order valence-electron chi connectivity index (χ0n) is 11.3. The minimum absolute atomic E-state index is 0.157. The standard InChI is InChI=1S/C15H19Cl2NO/c1-15(2)12(17)7-13(15)18-8-10-6-11(16)5-9-3-4-19-14(9)10/h5-6,12-13,18H,3-4,7-8H2,1-2H3. The molecule has 1 aromatic rings. The Labute approximate surface area is 124 Å². The second-order valence-electron chi connectivity index (χ2n) is 6.11. The summed E-state index contributed by atoms with van der Waals surface area (Å²) in [5.74, 6) is 1.02. The highest BCUT2D eigenvalue weighted by Crippen LogP contribution is 2.44. The fraction of sp³-hybridized carbons (Fsp3) is 0.600. The van der Waals surface area contributed by atoms with Crippen LogP contribution in [0.15, 0.2) is 12.1 Å². The summed E-state index contributed by atoms with van der Waals surface area (Å²) in [5.41, 5.74) is 2.55. The third kappa shape index (κ3) is 2.35. The van der Waals surface area contributed by atoms with Crippen LogP contribution in [0.2, 0.25) is 5.02 Å². The molecule has 0 saturated heterocycles. The van der Waals surface area contributed by atoms with Crippen molar-refractivity contribution in [2.24, 2.45) is 5.41 Å². The lowest BCUT2D eigenvalue weighted by atomic mass is 9.67. The van der Waals surface area contributed by atoms with Crippen molar-refractivity contribution in [3.63, 3.8) is 0 Å². The van der Waals surface area contributed by atoms with E-state index in [0.717, 1.165) is 42.3 Å². The second kappa shape index (κ2) is 4.83. The van der Waals surface area contributed by atoms with E-state index in [-0.39, 0.29) is 10.8 Å². The Kier molecular flexibility index (Phi) is 3.45. The van der Waals surface area contributed by atoms with E-state index in [9.17, 15) is 0 Å². The van der Waals surface area contributed by atoms with Crippen molar-refractivity contribution in [1.29, 1.82) is 0 Å². The fourth-order valence-corrected chi connectivity index (χ4v) is 3.52. The van der Waals surface area contributed by atoms with Gasteiger partial charge in [-0.3, -0.25) is 0 Å². The molecule has 1 aromatic carbocycles. The maximum absolute atomic E-state index is 6.25. The lowest BCUT2D eigenvalue weighted by molar-refractivity contribution is 0.115. The maximum Gasteiger partial charge on any atom is 0.127 e. The van der Waals surface area contributed by atoms with E-state index in [1.807, 2.05) is 12.1 Å². The van der Waals surface area contributed by atoms with Crippen LogP contribution in [0.1, 0.15) is 31.4 Å². The summed E-state index contributed by atoms with van der Waals surface area (Å²) in [6.45, 7) is 5.98. The molecule has 0 radical (unpaired) electrons. The van der Waals surface area contributed by atoms with Gasteiger partial charge in [0.15, 0.2) is 0 Å². The first-order chi connectivity index (χ1) is 8.98. The predicted octanol–water partition coefficient (Wildman–Crippen LogP) is 3.77. The van der Waals surface area contributed by atoms with E-state index in [4.69, 9.17) is 27.9 Å². The molecule has 2 aliphatic rings. The molecule has 1 fully saturated rings. The molecule has 2 unspecified atom stereocenters. The number of rotatable bonds is 3. The molecular formula is C15H19Cl2NO. The highest BCUT2D eigenvalue weighted by Gasteiger charge is 2.46. The summed E-state index contributed by atoms with van der Waals surface area (Å²) in [6, 6.07) is 4.48. The zero-order chi connectivity index (χ0) is 13.6. The number of alkyl halides is 1. The monoisotopic (exact) mass is 299 g/mol. The minimum atomic E-state index is 0.157. The molecule has 1 saturated carbocycles. The molecule has 104 valence electrons. The summed E-state index contributed by atoms with van der Waals surface area (Å²) in [5, 5.41) is 4.66. The summed E-state index contributed by atoms with van der Waals surface area (Å²) in [7, 11) is 0. The van der Waals surface area contributed by atoms with Gasteiger partial charge in [0.05, 0.1) is 6.61 Å². The Bertz CT molecular complexity index is 501. The number of hydrogen-bond acceptors (Lipinski definition) is 2. The van der Waals surface area contributed by atoms with Crippen molar-refractivity contribution < 1.29 is 4.74 Å². The molecule has 3 rings (SSSR count). The topological polar surface area (TPSA) is 21.3 Å². The van der Waals surface area contributed by atoms with Crippen LogP contribution in [0.4, 0.5) is 0 Å². The average molecular weight is 300 g/mol. The van der Waals surface area contributed by atoms with Crippen molar-refractivity contribution in [3.05, 3.63) is 28.3 Å². The smallest absolute Gasteiger partial charge is 0.127 e. The first-order valence-electron chi connectivity index (χ1n) is 6.80. The van der Waals surface area contributed by atoms with Gasteiger partial charge in [-0.25, -0.2) is 0 Å². The van der Waals surface area contributed by atoms with Crippen molar-refractivity contribution in [3.8, 4) is 5.75 Å². The van der Waals surface area contributed by atoms with Gasteiger partial charge in [-0.2, -0.15) is 0 Å². The van der Waals surface area contributed by atoms with Crippen molar-refractivity contribution >= 4 is 23.2 Å². The molecule has 1 aliphatic heterocycles. The molecule has 1 heterocycles. The first kappa shape index (κ1) is 13.5. The van der Waals surface area contributed by atoms with Crippen LogP contribution in [-0.2, 0) is 13.0 Å². The predicted molar refractivity (Wildman–Crippen MR) is 79.3 cm³/mol. The number of benzene rings is 1. The number of halogens is 2. The number of fused-ring (bicyclic) bond motifs is 1. The van der Waals surface area contributed by atoms with E-state index in [1.54, 1.807) is 0 Å². The molecule has 0 bridgehead atoms. The third-order valence-electron chi connectivity index (χ3n) is 4.51. The van der Waals surface area contributed by atoms with Gasteiger partial charge in [0.1, 0.15) is 5.75 Å². The van der Waals surface area contributed by atoms with Gasteiger partial charge in [-0.1, -0.05) is 25.4 Å². The Morgan fingerprint density at radius 3 is 2.89 bits per heavy atom. The number of nitrogens with one attached hydrogen (secondary N) is 1. The van der Waals surface area contributed by atoms with E-state index in [2.05, 4.69) is 19.2 Å². The lowest BCUT2D eigenvalue weighted by Crippen LogP contribution is -2.57. The molecule has 1 N–H and O–H groups in total. The normalized spacial score (nSPS) is 27.6. The van der Waals surface area contributed by atoms with E-state index >= 15 is 0 Å². The summed E-state index contributed by atoms with van der Waals surface area (Å²) >= 11 is 12.4. The van der Waals surface area contributed by atoms with Crippen LogP contribution in [0.25, 0.3) is 0 Å². The van der Waals surface area contributed by atoms with Gasteiger partial charge in [0.25, 0.3) is 0 Å². The van der Waals surface area contributed by atoms with Gasteiger partial charge in [0, 0.05) is 35.0 Å². The third-order valence-corrected chi connectivity index (χ3v) is 5.47. The van der Waals surface area contributed by atoms with E-state index < -0.39 is 0 Å². The fourth-order valence-electron chi connectivity index (χ4n) is 2.93.